The number of imide groups is 1. The van der Waals surface area contributed by atoms with Gasteiger partial charge in [-0.2, -0.15) is 0 Å². The second-order valence-corrected chi connectivity index (χ2v) is 4.87. The van der Waals surface area contributed by atoms with E-state index in [1.54, 1.807) is 6.20 Å². The summed E-state index contributed by atoms with van der Waals surface area (Å²) in [5.41, 5.74) is 0. The molecular weight excluding hydrogens is 268 g/mol. The molecule has 1 aromatic rings. The summed E-state index contributed by atoms with van der Waals surface area (Å²) in [7, 11) is 0. The number of carbonyl (C=O) groups is 2. The second-order valence-electron chi connectivity index (χ2n) is 4.87. The van der Waals surface area contributed by atoms with Crippen molar-refractivity contribution in [2.45, 2.75) is 41.0 Å². The number of nitrogens with zero attached hydrogens (tertiary/aromatic N) is 3. The Morgan fingerprint density at radius 3 is 2.57 bits per heavy atom. The molecule has 21 heavy (non-hydrogen) atoms. The van der Waals surface area contributed by atoms with Gasteiger partial charge in [0, 0.05) is 19.2 Å². The van der Waals surface area contributed by atoms with E-state index in [1.165, 1.54) is 4.90 Å². The number of hydrogen-bond acceptors (Lipinski definition) is 3. The summed E-state index contributed by atoms with van der Waals surface area (Å²) < 4.78 is 1.86. The third kappa shape index (κ3) is 4.18. The smallest absolute Gasteiger partial charge is 0.290 e. The minimum atomic E-state index is -0.393. The second kappa shape index (κ2) is 7.61. The van der Waals surface area contributed by atoms with Crippen LogP contribution in [0.25, 0.3) is 6.20 Å². The average molecular weight is 292 g/mol. The molecule has 1 aromatic heterocycles. The topological polar surface area (TPSA) is 67.2 Å². The zero-order valence-electron chi connectivity index (χ0n) is 13.4. The Hall–Kier alpha value is -2.11. The van der Waals surface area contributed by atoms with Gasteiger partial charge >= 0.3 is 6.03 Å². The molecule has 0 bridgehead atoms. The zero-order chi connectivity index (χ0) is 16.0. The van der Waals surface area contributed by atoms with Gasteiger partial charge in [0.1, 0.15) is 11.6 Å². The van der Waals surface area contributed by atoms with Crippen LogP contribution in [0.3, 0.4) is 0 Å². The Morgan fingerprint density at radius 2 is 2.00 bits per heavy atom. The number of aromatic nitrogens is 2. The highest BCUT2D eigenvalue weighted by Crippen LogP contribution is 2.19. The summed E-state index contributed by atoms with van der Waals surface area (Å²) in [5.74, 6) is 1.66. The molecule has 1 aliphatic heterocycles. The van der Waals surface area contributed by atoms with Crippen molar-refractivity contribution in [1.29, 1.82) is 0 Å². The van der Waals surface area contributed by atoms with E-state index < -0.39 is 6.03 Å². The van der Waals surface area contributed by atoms with E-state index in [4.69, 9.17) is 0 Å². The predicted molar refractivity (Wildman–Crippen MR) is 84.0 cm³/mol. The summed E-state index contributed by atoms with van der Waals surface area (Å²) in [5, 5.41) is 2.31. The van der Waals surface area contributed by atoms with Crippen molar-refractivity contribution in [1.82, 2.24) is 14.9 Å². The van der Waals surface area contributed by atoms with Crippen molar-refractivity contribution in [3.05, 3.63) is 18.1 Å². The summed E-state index contributed by atoms with van der Waals surface area (Å²) in [6.45, 7) is 10.4. The molecular formula is C15H24N4O2. The van der Waals surface area contributed by atoms with Gasteiger partial charge in [0.25, 0.3) is 0 Å². The summed E-state index contributed by atoms with van der Waals surface area (Å²) in [4.78, 5) is 28.8. The van der Waals surface area contributed by atoms with E-state index in [1.807, 2.05) is 37.6 Å². The van der Waals surface area contributed by atoms with Crippen molar-refractivity contribution < 1.29 is 9.59 Å². The van der Waals surface area contributed by atoms with E-state index in [0.717, 1.165) is 5.82 Å². The first-order valence-electron chi connectivity index (χ1n) is 7.32. The van der Waals surface area contributed by atoms with Crippen LogP contribution < -0.4 is 10.2 Å². The van der Waals surface area contributed by atoms with Crippen LogP contribution in [-0.4, -0.2) is 28.0 Å². The Morgan fingerprint density at radius 1 is 1.33 bits per heavy atom. The third-order valence-electron chi connectivity index (χ3n) is 2.91. The number of hydrogen-bond donors (Lipinski definition) is 1. The van der Waals surface area contributed by atoms with Gasteiger partial charge in [-0.05, 0) is 12.8 Å². The quantitative estimate of drug-likeness (QED) is 0.931. The molecule has 1 saturated heterocycles. The lowest BCUT2D eigenvalue weighted by atomic mass is 10.2. The maximum Gasteiger partial charge on any atom is 0.329 e. The molecule has 2 rings (SSSR count). The SMILES string of the molecule is CC.Cc1ncc(N2CCC(=O)NC2=O)n1/C=C\C(C)C. The number of anilines is 1. The van der Waals surface area contributed by atoms with Crippen LogP contribution in [0.15, 0.2) is 12.3 Å². The number of aryl methyl sites for hydroxylation is 1. The van der Waals surface area contributed by atoms with Crippen LogP contribution in [-0.2, 0) is 4.79 Å². The highest BCUT2D eigenvalue weighted by Gasteiger charge is 2.26. The molecule has 3 amide bonds. The van der Waals surface area contributed by atoms with E-state index in [2.05, 4.69) is 24.1 Å². The maximum absolute atomic E-state index is 11.8. The summed E-state index contributed by atoms with van der Waals surface area (Å²) in [6, 6.07) is -0.393. The number of amides is 3. The van der Waals surface area contributed by atoms with Crippen LogP contribution in [0.2, 0.25) is 0 Å². The van der Waals surface area contributed by atoms with Gasteiger partial charge < -0.3 is 0 Å². The number of nitrogens with one attached hydrogen (secondary N) is 1. The predicted octanol–water partition coefficient (Wildman–Crippen LogP) is 2.79. The van der Waals surface area contributed by atoms with Crippen molar-refractivity contribution in [3.8, 4) is 0 Å². The number of carbonyl (C=O) groups excluding carboxylic acids is 2. The lowest BCUT2D eigenvalue weighted by Crippen LogP contribution is -2.50. The van der Waals surface area contributed by atoms with Gasteiger partial charge in [0.2, 0.25) is 5.91 Å². The molecule has 2 heterocycles. The highest BCUT2D eigenvalue weighted by atomic mass is 16.2. The van der Waals surface area contributed by atoms with Gasteiger partial charge in [-0.3, -0.25) is 19.6 Å². The lowest BCUT2D eigenvalue weighted by molar-refractivity contribution is -0.120. The largest absolute Gasteiger partial charge is 0.329 e. The first kappa shape index (κ1) is 16.9. The fourth-order valence-electron chi connectivity index (χ4n) is 1.87. The van der Waals surface area contributed by atoms with E-state index in [0.29, 0.717) is 24.7 Å². The standard InChI is InChI=1S/C13H18N4O2.C2H6/c1-9(2)4-6-16-10(3)14-8-12(16)17-7-5-11(18)15-13(17)19;1-2/h4,6,8-9H,5,7H2,1-3H3,(H,15,18,19);1-2H3/b6-4-;. The van der Waals surface area contributed by atoms with Gasteiger partial charge in [-0.1, -0.05) is 33.8 Å². The molecule has 0 aromatic carbocycles. The molecule has 0 unspecified atom stereocenters. The molecule has 1 fully saturated rings. The Kier molecular flexibility index (Phi) is 6.14. The lowest BCUT2D eigenvalue weighted by Gasteiger charge is -2.26. The van der Waals surface area contributed by atoms with Crippen molar-refractivity contribution >= 4 is 24.0 Å². The van der Waals surface area contributed by atoms with Crippen molar-refractivity contribution in [3.63, 3.8) is 0 Å². The Bertz CT molecular complexity index is 532. The fourth-order valence-corrected chi connectivity index (χ4v) is 1.87. The average Bonchev–Trinajstić information content (AvgIpc) is 2.80. The minimum absolute atomic E-state index is 0.234. The molecule has 0 radical (unpaired) electrons. The molecule has 0 aliphatic carbocycles. The molecule has 6 heteroatoms. The van der Waals surface area contributed by atoms with Crippen LogP contribution in [0.5, 0.6) is 0 Å². The number of allylic oxidation sites excluding steroid dienone is 1. The normalized spacial score (nSPS) is 15.2. The van der Waals surface area contributed by atoms with Crippen LogP contribution >= 0.6 is 0 Å². The van der Waals surface area contributed by atoms with E-state index in [-0.39, 0.29) is 5.91 Å². The molecule has 0 atom stereocenters. The third-order valence-corrected chi connectivity index (χ3v) is 2.91. The Labute approximate surface area is 125 Å². The summed E-state index contributed by atoms with van der Waals surface area (Å²) in [6.07, 6.45) is 5.90. The molecule has 1 N–H and O–H groups in total. The monoisotopic (exact) mass is 292 g/mol. The number of imidazole rings is 1. The number of urea groups is 1. The maximum atomic E-state index is 11.8. The molecule has 6 nitrogen and oxygen atoms in total. The van der Waals surface area contributed by atoms with Gasteiger partial charge in [-0.15, -0.1) is 0 Å². The van der Waals surface area contributed by atoms with Gasteiger partial charge in [0.05, 0.1) is 6.20 Å². The van der Waals surface area contributed by atoms with Gasteiger partial charge in [0.15, 0.2) is 0 Å². The zero-order valence-corrected chi connectivity index (χ0v) is 13.4. The van der Waals surface area contributed by atoms with Gasteiger partial charge in [-0.25, -0.2) is 9.78 Å². The summed E-state index contributed by atoms with van der Waals surface area (Å²) >= 11 is 0. The molecule has 0 spiro atoms. The minimum Gasteiger partial charge on any atom is -0.290 e. The molecule has 0 saturated carbocycles. The van der Waals surface area contributed by atoms with Crippen LogP contribution in [0, 0.1) is 12.8 Å². The van der Waals surface area contributed by atoms with E-state index >= 15 is 0 Å². The van der Waals surface area contributed by atoms with Crippen LogP contribution in [0.4, 0.5) is 10.6 Å². The number of rotatable bonds is 3. The first-order valence-corrected chi connectivity index (χ1v) is 7.32. The molecule has 1 aliphatic rings. The van der Waals surface area contributed by atoms with E-state index in [9.17, 15) is 9.59 Å². The highest BCUT2D eigenvalue weighted by molar-refractivity contribution is 6.05. The molecule has 116 valence electrons. The van der Waals surface area contributed by atoms with Crippen LogP contribution in [0.1, 0.15) is 39.9 Å². The first-order chi connectivity index (χ1) is 9.99. The van der Waals surface area contributed by atoms with Crippen molar-refractivity contribution in [2.24, 2.45) is 5.92 Å². The van der Waals surface area contributed by atoms with Crippen molar-refractivity contribution in [2.75, 3.05) is 11.4 Å². The fraction of sp³-hybridized carbons (Fsp3) is 0.533. The Balaban J connectivity index is 0.00000106.